The predicted molar refractivity (Wildman–Crippen MR) is 60.9 cm³/mol. The van der Waals surface area contributed by atoms with Gasteiger partial charge in [0.05, 0.1) is 0 Å². The second kappa shape index (κ2) is 4.59. The van der Waals surface area contributed by atoms with Crippen LogP contribution in [-0.2, 0) is 0 Å². The molecule has 0 saturated carbocycles. The molecule has 0 radical (unpaired) electrons. The van der Waals surface area contributed by atoms with Crippen molar-refractivity contribution < 1.29 is 0 Å². The van der Waals surface area contributed by atoms with Crippen LogP contribution in [0.15, 0.2) is 50.0 Å². The maximum Gasteiger partial charge on any atom is 0.251 e. The second-order valence-corrected chi connectivity index (χ2v) is 4.53. The molecule has 15 heavy (non-hydrogen) atoms. The topological polar surface area (TPSA) is 58.6 Å². The molecular formula is C9H6BrN3OS. The average Bonchev–Trinajstić information content (AvgIpc) is 2.22. The fourth-order valence-electron chi connectivity index (χ4n) is 0.953. The highest BCUT2D eigenvalue weighted by Crippen LogP contribution is 2.29. The molecule has 0 bridgehead atoms. The van der Waals surface area contributed by atoms with Crippen molar-refractivity contribution in [3.8, 4) is 0 Å². The molecule has 76 valence electrons. The lowest BCUT2D eigenvalue weighted by Crippen LogP contribution is -2.04. The van der Waals surface area contributed by atoms with E-state index in [1.807, 2.05) is 6.07 Å². The number of hydrogen-bond donors (Lipinski definition) is 1. The average molecular weight is 284 g/mol. The van der Waals surface area contributed by atoms with E-state index in [4.69, 9.17) is 0 Å². The Morgan fingerprint density at radius 2 is 2.20 bits per heavy atom. The highest BCUT2D eigenvalue weighted by atomic mass is 79.9. The lowest BCUT2D eigenvalue weighted by atomic mass is 10.5. The van der Waals surface area contributed by atoms with Gasteiger partial charge in [0, 0.05) is 34.0 Å². The van der Waals surface area contributed by atoms with Gasteiger partial charge in [-0.25, -0.2) is 4.98 Å². The molecule has 0 aliphatic heterocycles. The van der Waals surface area contributed by atoms with Gasteiger partial charge in [-0.05, 0) is 22.0 Å². The molecule has 2 aromatic heterocycles. The minimum atomic E-state index is -0.155. The zero-order valence-electron chi connectivity index (χ0n) is 7.48. The molecule has 0 aliphatic carbocycles. The third-order valence-corrected chi connectivity index (χ3v) is 3.46. The monoisotopic (exact) mass is 283 g/mol. The van der Waals surface area contributed by atoms with E-state index in [1.54, 1.807) is 12.4 Å². The Morgan fingerprint density at radius 1 is 1.33 bits per heavy atom. The quantitative estimate of drug-likeness (QED) is 0.858. The summed E-state index contributed by atoms with van der Waals surface area (Å²) in [4.78, 5) is 22.6. The Hall–Kier alpha value is -1.14. The van der Waals surface area contributed by atoms with Gasteiger partial charge in [-0.2, -0.15) is 0 Å². The van der Waals surface area contributed by atoms with Crippen molar-refractivity contribution in [3.63, 3.8) is 0 Å². The maximum absolute atomic E-state index is 11.0. The molecule has 6 heteroatoms. The maximum atomic E-state index is 11.0. The highest BCUT2D eigenvalue weighted by molar-refractivity contribution is 9.10. The molecule has 0 unspecified atom stereocenters. The van der Waals surface area contributed by atoms with Crippen LogP contribution in [0.1, 0.15) is 0 Å². The summed E-state index contributed by atoms with van der Waals surface area (Å²) in [5.74, 6) is 0. The molecule has 2 aromatic rings. The van der Waals surface area contributed by atoms with Gasteiger partial charge in [0.2, 0.25) is 0 Å². The summed E-state index contributed by atoms with van der Waals surface area (Å²) in [6.07, 6.45) is 4.87. The highest BCUT2D eigenvalue weighted by Gasteiger charge is 2.03. The third kappa shape index (κ3) is 2.66. The van der Waals surface area contributed by atoms with Crippen molar-refractivity contribution in [2.75, 3.05) is 0 Å². The molecule has 0 aromatic carbocycles. The van der Waals surface area contributed by atoms with Gasteiger partial charge in [-0.3, -0.25) is 9.78 Å². The van der Waals surface area contributed by atoms with E-state index in [1.165, 1.54) is 24.0 Å². The molecular weight excluding hydrogens is 278 g/mol. The van der Waals surface area contributed by atoms with Gasteiger partial charge in [0.25, 0.3) is 5.56 Å². The number of aromatic nitrogens is 3. The third-order valence-electron chi connectivity index (χ3n) is 1.59. The SMILES string of the molecule is O=c1ccnc(Sc2ccncc2Br)[nH]1. The van der Waals surface area contributed by atoms with E-state index >= 15 is 0 Å². The standard InChI is InChI=1S/C9H6BrN3OS/c10-6-5-11-3-1-7(6)15-9-12-4-2-8(14)13-9/h1-5H,(H,12,13,14). The first-order valence-electron chi connectivity index (χ1n) is 4.08. The van der Waals surface area contributed by atoms with Crippen LogP contribution in [0.5, 0.6) is 0 Å². The molecule has 2 heterocycles. The molecule has 0 fully saturated rings. The van der Waals surface area contributed by atoms with E-state index in [0.717, 1.165) is 9.37 Å². The van der Waals surface area contributed by atoms with E-state index in [0.29, 0.717) is 5.16 Å². The summed E-state index contributed by atoms with van der Waals surface area (Å²) in [5, 5.41) is 0.564. The van der Waals surface area contributed by atoms with Gasteiger partial charge in [-0.1, -0.05) is 11.8 Å². The summed E-state index contributed by atoms with van der Waals surface area (Å²) >= 11 is 4.74. The van der Waals surface area contributed by atoms with E-state index < -0.39 is 0 Å². The number of nitrogens with zero attached hydrogens (tertiary/aromatic N) is 2. The Balaban J connectivity index is 2.30. The van der Waals surface area contributed by atoms with Crippen molar-refractivity contribution in [1.29, 1.82) is 0 Å². The number of H-pyrrole nitrogens is 1. The smallest absolute Gasteiger partial charge is 0.251 e. The summed E-state index contributed by atoms with van der Waals surface area (Å²) in [7, 11) is 0. The number of rotatable bonds is 2. The summed E-state index contributed by atoms with van der Waals surface area (Å²) < 4.78 is 0.876. The first kappa shape index (κ1) is 10.4. The van der Waals surface area contributed by atoms with Crippen molar-refractivity contribution >= 4 is 27.7 Å². The van der Waals surface area contributed by atoms with Crippen molar-refractivity contribution in [2.24, 2.45) is 0 Å². The van der Waals surface area contributed by atoms with E-state index in [9.17, 15) is 4.79 Å². The largest absolute Gasteiger partial charge is 0.301 e. The van der Waals surface area contributed by atoms with Crippen LogP contribution < -0.4 is 5.56 Å². The van der Waals surface area contributed by atoms with Gasteiger partial charge in [0.15, 0.2) is 5.16 Å². The first-order valence-corrected chi connectivity index (χ1v) is 5.69. The van der Waals surface area contributed by atoms with Crippen LogP contribution in [0, 0.1) is 0 Å². The Kier molecular flexibility index (Phi) is 3.17. The van der Waals surface area contributed by atoms with Gasteiger partial charge >= 0.3 is 0 Å². The number of pyridine rings is 1. The van der Waals surface area contributed by atoms with Gasteiger partial charge in [0.1, 0.15) is 0 Å². The zero-order valence-corrected chi connectivity index (χ0v) is 9.88. The molecule has 4 nitrogen and oxygen atoms in total. The summed E-state index contributed by atoms with van der Waals surface area (Å²) in [6, 6.07) is 3.23. The van der Waals surface area contributed by atoms with Crippen LogP contribution >= 0.6 is 27.7 Å². The van der Waals surface area contributed by atoms with Crippen molar-refractivity contribution in [3.05, 3.63) is 45.5 Å². The lowest BCUT2D eigenvalue weighted by molar-refractivity contribution is 0.936. The molecule has 1 N–H and O–H groups in total. The molecule has 0 saturated heterocycles. The number of halogens is 1. The van der Waals surface area contributed by atoms with Gasteiger partial charge in [-0.15, -0.1) is 0 Å². The Morgan fingerprint density at radius 3 is 2.93 bits per heavy atom. The molecule has 2 rings (SSSR count). The summed E-state index contributed by atoms with van der Waals surface area (Å²) in [6.45, 7) is 0. The molecule has 0 aliphatic rings. The van der Waals surface area contributed by atoms with Crippen LogP contribution in [-0.4, -0.2) is 15.0 Å². The van der Waals surface area contributed by atoms with E-state index in [-0.39, 0.29) is 5.56 Å². The zero-order chi connectivity index (χ0) is 10.7. The Bertz CT molecular complexity index is 529. The molecule has 0 amide bonds. The second-order valence-electron chi connectivity index (χ2n) is 2.65. The fourth-order valence-corrected chi connectivity index (χ4v) is 2.20. The number of aromatic amines is 1. The lowest BCUT2D eigenvalue weighted by Gasteiger charge is -2.01. The number of nitrogens with one attached hydrogen (secondary N) is 1. The van der Waals surface area contributed by atoms with Crippen LogP contribution in [0.25, 0.3) is 0 Å². The minimum absolute atomic E-state index is 0.155. The molecule has 0 spiro atoms. The van der Waals surface area contributed by atoms with Crippen molar-refractivity contribution in [2.45, 2.75) is 10.1 Å². The molecule has 0 atom stereocenters. The van der Waals surface area contributed by atoms with Crippen LogP contribution in [0.3, 0.4) is 0 Å². The normalized spacial score (nSPS) is 10.2. The summed E-state index contributed by atoms with van der Waals surface area (Å²) in [5.41, 5.74) is -0.155. The Labute approximate surface area is 98.3 Å². The number of hydrogen-bond acceptors (Lipinski definition) is 4. The van der Waals surface area contributed by atoms with Gasteiger partial charge < -0.3 is 4.98 Å². The minimum Gasteiger partial charge on any atom is -0.301 e. The van der Waals surface area contributed by atoms with Crippen molar-refractivity contribution in [1.82, 2.24) is 15.0 Å². The van der Waals surface area contributed by atoms with Crippen LogP contribution in [0.4, 0.5) is 0 Å². The predicted octanol–water partition coefficient (Wildman–Crippen LogP) is 2.08. The first-order chi connectivity index (χ1) is 7.25. The fraction of sp³-hybridized carbons (Fsp3) is 0. The van der Waals surface area contributed by atoms with E-state index in [2.05, 4.69) is 30.9 Å². The van der Waals surface area contributed by atoms with Crippen LogP contribution in [0.2, 0.25) is 0 Å².